The van der Waals surface area contributed by atoms with Gasteiger partial charge >= 0.3 is 6.11 Å². The fraction of sp³-hybridized carbons (Fsp3) is 0.417. The van der Waals surface area contributed by atoms with Crippen LogP contribution >= 0.6 is 0 Å². The van der Waals surface area contributed by atoms with Crippen LogP contribution in [0.2, 0.25) is 0 Å². The van der Waals surface area contributed by atoms with Crippen LogP contribution in [0.25, 0.3) is 16.8 Å². The standard InChI is InChI=1S/C24H27F3O/c1-3-5-7-17-9-12-21(13-10-17)24(26,27)28-23-16-19-11-8-18(6-4-2)14-20(19)15-22(23)25/h3-4,6,8,11,14-17,21H,1,5,7,9-10,12-13H2,2H3/b6-4+. The Morgan fingerprint density at radius 2 is 1.86 bits per heavy atom. The first-order valence-electron chi connectivity index (χ1n) is 9.96. The van der Waals surface area contributed by atoms with Gasteiger partial charge in [-0.25, -0.2) is 4.39 Å². The normalized spacial score (nSPS) is 20.6. The van der Waals surface area contributed by atoms with Crippen molar-refractivity contribution in [3.63, 3.8) is 0 Å². The number of halogens is 3. The van der Waals surface area contributed by atoms with Crippen molar-refractivity contribution in [3.05, 3.63) is 60.4 Å². The summed E-state index contributed by atoms with van der Waals surface area (Å²) in [5.74, 6) is -1.55. The molecule has 0 spiro atoms. The van der Waals surface area contributed by atoms with Gasteiger partial charge < -0.3 is 4.74 Å². The Morgan fingerprint density at radius 1 is 1.11 bits per heavy atom. The number of rotatable bonds is 7. The van der Waals surface area contributed by atoms with E-state index in [2.05, 4.69) is 6.58 Å². The molecule has 2 aromatic rings. The van der Waals surface area contributed by atoms with E-state index in [0.717, 1.165) is 31.2 Å². The van der Waals surface area contributed by atoms with Crippen molar-refractivity contribution in [3.8, 4) is 5.75 Å². The molecule has 0 unspecified atom stereocenters. The highest BCUT2D eigenvalue weighted by molar-refractivity contribution is 5.86. The molecule has 1 aliphatic carbocycles. The highest BCUT2D eigenvalue weighted by Crippen LogP contribution is 2.42. The Hall–Kier alpha value is -2.23. The zero-order valence-electron chi connectivity index (χ0n) is 16.3. The molecule has 28 heavy (non-hydrogen) atoms. The maximum atomic E-state index is 14.7. The lowest BCUT2D eigenvalue weighted by Crippen LogP contribution is -2.37. The minimum absolute atomic E-state index is 0.384. The zero-order valence-corrected chi connectivity index (χ0v) is 16.3. The van der Waals surface area contributed by atoms with E-state index in [9.17, 15) is 13.2 Å². The van der Waals surface area contributed by atoms with E-state index < -0.39 is 17.8 Å². The van der Waals surface area contributed by atoms with E-state index >= 15 is 0 Å². The largest absolute Gasteiger partial charge is 0.429 e. The molecule has 0 amide bonds. The summed E-state index contributed by atoms with van der Waals surface area (Å²) in [6.45, 7) is 5.61. The third-order valence-electron chi connectivity index (χ3n) is 5.62. The second-order valence-corrected chi connectivity index (χ2v) is 7.64. The summed E-state index contributed by atoms with van der Waals surface area (Å²) in [5.41, 5.74) is 0.932. The van der Waals surface area contributed by atoms with Gasteiger partial charge in [0.25, 0.3) is 0 Å². The van der Waals surface area contributed by atoms with Gasteiger partial charge in [-0.05, 0) is 85.9 Å². The first-order valence-corrected chi connectivity index (χ1v) is 9.96. The van der Waals surface area contributed by atoms with E-state index in [0.29, 0.717) is 29.5 Å². The van der Waals surface area contributed by atoms with Crippen molar-refractivity contribution in [2.45, 2.75) is 51.6 Å². The van der Waals surface area contributed by atoms with Crippen LogP contribution in [0, 0.1) is 17.7 Å². The lowest BCUT2D eigenvalue weighted by molar-refractivity contribution is -0.224. The van der Waals surface area contributed by atoms with Crippen LogP contribution < -0.4 is 4.74 Å². The minimum atomic E-state index is -3.37. The molecule has 1 saturated carbocycles. The van der Waals surface area contributed by atoms with Gasteiger partial charge in [-0.1, -0.05) is 30.4 Å². The van der Waals surface area contributed by atoms with E-state index in [-0.39, 0.29) is 5.75 Å². The Morgan fingerprint density at radius 3 is 2.54 bits per heavy atom. The summed E-state index contributed by atoms with van der Waals surface area (Å²) < 4.78 is 48.8. The molecular formula is C24H27F3O. The lowest BCUT2D eigenvalue weighted by Gasteiger charge is -2.33. The summed E-state index contributed by atoms with van der Waals surface area (Å²) in [6, 6.07) is 8.12. The van der Waals surface area contributed by atoms with Crippen LogP contribution in [0.15, 0.2) is 49.1 Å². The van der Waals surface area contributed by atoms with Crippen molar-refractivity contribution in [1.82, 2.24) is 0 Å². The molecule has 2 aromatic carbocycles. The number of hydrogen-bond donors (Lipinski definition) is 0. The fourth-order valence-electron chi connectivity index (χ4n) is 4.01. The van der Waals surface area contributed by atoms with Crippen molar-refractivity contribution in [2.24, 2.45) is 11.8 Å². The molecule has 0 heterocycles. The topological polar surface area (TPSA) is 9.23 Å². The number of alkyl halides is 2. The Kier molecular flexibility index (Phi) is 6.48. The van der Waals surface area contributed by atoms with Crippen LogP contribution in [0.3, 0.4) is 0 Å². The molecule has 0 radical (unpaired) electrons. The molecular weight excluding hydrogens is 361 g/mol. The summed E-state index contributed by atoms with van der Waals surface area (Å²) in [5, 5.41) is 1.33. The summed E-state index contributed by atoms with van der Waals surface area (Å²) in [7, 11) is 0. The third kappa shape index (κ3) is 4.78. The molecule has 0 saturated heterocycles. The quantitative estimate of drug-likeness (QED) is 0.440. The molecule has 1 fully saturated rings. The molecule has 0 atom stereocenters. The average Bonchev–Trinajstić information content (AvgIpc) is 2.67. The Balaban J connectivity index is 1.73. The number of benzene rings is 2. The molecule has 0 aliphatic heterocycles. The van der Waals surface area contributed by atoms with E-state index in [1.807, 2.05) is 37.3 Å². The molecule has 0 bridgehead atoms. The van der Waals surface area contributed by atoms with Gasteiger partial charge in [0.2, 0.25) is 0 Å². The zero-order chi connectivity index (χ0) is 20.1. The molecule has 1 aliphatic rings. The van der Waals surface area contributed by atoms with Crippen molar-refractivity contribution >= 4 is 16.8 Å². The maximum absolute atomic E-state index is 14.7. The van der Waals surface area contributed by atoms with Gasteiger partial charge in [0.15, 0.2) is 11.6 Å². The van der Waals surface area contributed by atoms with Crippen LogP contribution in [0.4, 0.5) is 13.2 Å². The monoisotopic (exact) mass is 388 g/mol. The molecule has 1 nitrogen and oxygen atoms in total. The Labute approximate surface area is 164 Å². The summed E-state index contributed by atoms with van der Waals surface area (Å²) in [4.78, 5) is 0. The molecule has 150 valence electrons. The highest BCUT2D eigenvalue weighted by Gasteiger charge is 2.44. The number of ether oxygens (including phenoxy) is 1. The average molecular weight is 388 g/mol. The van der Waals surface area contributed by atoms with Gasteiger partial charge in [0.1, 0.15) is 0 Å². The second-order valence-electron chi connectivity index (χ2n) is 7.64. The van der Waals surface area contributed by atoms with Crippen molar-refractivity contribution in [2.75, 3.05) is 0 Å². The fourth-order valence-corrected chi connectivity index (χ4v) is 4.01. The van der Waals surface area contributed by atoms with Gasteiger partial charge in [0, 0.05) is 0 Å². The molecule has 0 aromatic heterocycles. The molecule has 0 N–H and O–H groups in total. The van der Waals surface area contributed by atoms with E-state index in [1.165, 1.54) is 12.1 Å². The predicted octanol–water partition coefficient (Wildman–Crippen LogP) is 7.76. The molecule has 4 heteroatoms. The van der Waals surface area contributed by atoms with Crippen LogP contribution in [-0.4, -0.2) is 6.11 Å². The maximum Gasteiger partial charge on any atom is 0.400 e. The number of fused-ring (bicyclic) bond motifs is 1. The number of hydrogen-bond acceptors (Lipinski definition) is 1. The highest BCUT2D eigenvalue weighted by atomic mass is 19.3. The number of allylic oxidation sites excluding steroid dienone is 2. The van der Waals surface area contributed by atoms with Crippen LogP contribution in [0.1, 0.15) is 51.0 Å². The van der Waals surface area contributed by atoms with Crippen LogP contribution in [0.5, 0.6) is 5.75 Å². The first-order chi connectivity index (χ1) is 13.4. The lowest BCUT2D eigenvalue weighted by atomic mass is 9.79. The second kappa shape index (κ2) is 8.85. The SMILES string of the molecule is C=CCCC1CCC(C(F)(F)Oc2cc3ccc(/C=C/C)cc3cc2F)CC1. The van der Waals surface area contributed by atoms with Gasteiger partial charge in [0.05, 0.1) is 5.92 Å². The van der Waals surface area contributed by atoms with Gasteiger partial charge in [-0.2, -0.15) is 8.78 Å². The first kappa shape index (κ1) is 20.5. The Bertz CT molecular complexity index is 848. The van der Waals surface area contributed by atoms with Crippen molar-refractivity contribution in [1.29, 1.82) is 0 Å². The van der Waals surface area contributed by atoms with Gasteiger partial charge in [-0.15, -0.1) is 6.58 Å². The van der Waals surface area contributed by atoms with E-state index in [4.69, 9.17) is 4.74 Å². The minimum Gasteiger partial charge on any atom is -0.429 e. The summed E-state index contributed by atoms with van der Waals surface area (Å²) in [6.07, 6.45) is 6.52. The van der Waals surface area contributed by atoms with Crippen molar-refractivity contribution < 1.29 is 17.9 Å². The summed E-state index contributed by atoms with van der Waals surface area (Å²) >= 11 is 0. The smallest absolute Gasteiger partial charge is 0.400 e. The molecule has 3 rings (SSSR count). The van der Waals surface area contributed by atoms with Crippen LogP contribution in [-0.2, 0) is 0 Å². The third-order valence-corrected chi connectivity index (χ3v) is 5.62. The predicted molar refractivity (Wildman–Crippen MR) is 109 cm³/mol. The van der Waals surface area contributed by atoms with E-state index in [1.54, 1.807) is 6.07 Å². The van der Waals surface area contributed by atoms with Gasteiger partial charge in [-0.3, -0.25) is 0 Å².